The van der Waals surface area contributed by atoms with E-state index in [4.69, 9.17) is 4.74 Å². The summed E-state index contributed by atoms with van der Waals surface area (Å²) in [6.07, 6.45) is 13.7. The summed E-state index contributed by atoms with van der Waals surface area (Å²) in [7, 11) is 0. The zero-order chi connectivity index (χ0) is 12.4. The molecule has 0 radical (unpaired) electrons. The molecule has 3 fully saturated rings. The SMILES string of the molecule is CCCNC(CC1CCCC1)C1CC2CCC1O2. The van der Waals surface area contributed by atoms with Crippen molar-refractivity contribution in [1.82, 2.24) is 5.32 Å². The van der Waals surface area contributed by atoms with Crippen molar-refractivity contribution in [2.75, 3.05) is 6.54 Å². The van der Waals surface area contributed by atoms with Gasteiger partial charge in [-0.15, -0.1) is 0 Å². The lowest BCUT2D eigenvalue weighted by Gasteiger charge is -2.31. The molecule has 0 spiro atoms. The molecule has 3 aliphatic rings. The molecule has 0 aromatic rings. The maximum Gasteiger partial charge on any atom is 0.0623 e. The third kappa shape index (κ3) is 2.75. The number of rotatable bonds is 6. The number of hydrogen-bond acceptors (Lipinski definition) is 2. The number of fused-ring (bicyclic) bond motifs is 2. The fraction of sp³-hybridized carbons (Fsp3) is 1.00. The second-order valence-corrected chi connectivity index (χ2v) is 6.72. The fourth-order valence-electron chi connectivity index (χ4n) is 4.44. The van der Waals surface area contributed by atoms with Gasteiger partial charge in [-0.3, -0.25) is 0 Å². The summed E-state index contributed by atoms with van der Waals surface area (Å²) in [6, 6.07) is 0.739. The van der Waals surface area contributed by atoms with E-state index in [9.17, 15) is 0 Å². The molecule has 3 rings (SSSR count). The van der Waals surface area contributed by atoms with Crippen LogP contribution in [-0.2, 0) is 4.74 Å². The van der Waals surface area contributed by atoms with Gasteiger partial charge in [0, 0.05) is 12.0 Å². The van der Waals surface area contributed by atoms with Crippen molar-refractivity contribution in [1.29, 1.82) is 0 Å². The first kappa shape index (κ1) is 12.9. The van der Waals surface area contributed by atoms with Gasteiger partial charge in [-0.25, -0.2) is 0 Å². The van der Waals surface area contributed by atoms with Crippen molar-refractivity contribution < 1.29 is 4.74 Å². The summed E-state index contributed by atoms with van der Waals surface area (Å²) >= 11 is 0. The van der Waals surface area contributed by atoms with E-state index in [-0.39, 0.29) is 0 Å². The summed E-state index contributed by atoms with van der Waals surface area (Å²) in [5, 5.41) is 3.84. The Bertz CT molecular complexity index is 262. The quantitative estimate of drug-likeness (QED) is 0.780. The molecular formula is C16H29NO. The largest absolute Gasteiger partial charge is 0.375 e. The molecule has 4 unspecified atom stereocenters. The third-order valence-electron chi connectivity index (χ3n) is 5.39. The van der Waals surface area contributed by atoms with Crippen LogP contribution in [0.5, 0.6) is 0 Å². The molecule has 18 heavy (non-hydrogen) atoms. The van der Waals surface area contributed by atoms with E-state index >= 15 is 0 Å². The Balaban J connectivity index is 1.57. The number of ether oxygens (including phenoxy) is 1. The maximum absolute atomic E-state index is 6.07. The molecule has 2 saturated heterocycles. The molecule has 2 nitrogen and oxygen atoms in total. The molecular weight excluding hydrogens is 222 g/mol. The fourth-order valence-corrected chi connectivity index (χ4v) is 4.44. The summed E-state index contributed by atoms with van der Waals surface area (Å²) in [5.74, 6) is 1.81. The smallest absolute Gasteiger partial charge is 0.0623 e. The van der Waals surface area contributed by atoms with Crippen LogP contribution in [0, 0.1) is 11.8 Å². The molecule has 1 N–H and O–H groups in total. The van der Waals surface area contributed by atoms with E-state index in [0.717, 1.165) is 17.9 Å². The van der Waals surface area contributed by atoms with Crippen LogP contribution in [0.4, 0.5) is 0 Å². The van der Waals surface area contributed by atoms with Crippen LogP contribution in [-0.4, -0.2) is 24.8 Å². The van der Waals surface area contributed by atoms with E-state index in [1.807, 2.05) is 0 Å². The van der Waals surface area contributed by atoms with E-state index in [1.165, 1.54) is 64.3 Å². The van der Waals surface area contributed by atoms with Crippen LogP contribution in [0.2, 0.25) is 0 Å². The second-order valence-electron chi connectivity index (χ2n) is 6.72. The van der Waals surface area contributed by atoms with Gasteiger partial charge in [0.1, 0.15) is 0 Å². The molecule has 0 aromatic heterocycles. The van der Waals surface area contributed by atoms with Crippen molar-refractivity contribution in [3.63, 3.8) is 0 Å². The van der Waals surface area contributed by atoms with Crippen LogP contribution in [0.25, 0.3) is 0 Å². The molecule has 1 saturated carbocycles. The standard InChI is InChI=1S/C16H29NO/c1-2-9-17-15(10-12-5-3-4-6-12)14-11-13-7-8-16(14)18-13/h12-17H,2-11H2,1H3. The molecule has 2 bridgehead atoms. The highest BCUT2D eigenvalue weighted by molar-refractivity contribution is 4.96. The maximum atomic E-state index is 6.07. The Kier molecular flexibility index (Phi) is 4.25. The summed E-state index contributed by atoms with van der Waals surface area (Å²) in [5.41, 5.74) is 0. The minimum Gasteiger partial charge on any atom is -0.375 e. The highest BCUT2D eigenvalue weighted by Crippen LogP contribution is 2.42. The Morgan fingerprint density at radius 1 is 1.17 bits per heavy atom. The normalized spacial score (nSPS) is 37.5. The van der Waals surface area contributed by atoms with E-state index in [0.29, 0.717) is 12.2 Å². The lowest BCUT2D eigenvalue weighted by molar-refractivity contribution is 0.0833. The summed E-state index contributed by atoms with van der Waals surface area (Å²) < 4.78 is 6.07. The Morgan fingerprint density at radius 2 is 2.00 bits per heavy atom. The minimum atomic E-state index is 0.589. The zero-order valence-corrected chi connectivity index (χ0v) is 11.9. The van der Waals surface area contributed by atoms with Crippen molar-refractivity contribution in [2.45, 2.75) is 83.0 Å². The monoisotopic (exact) mass is 251 g/mol. The predicted molar refractivity (Wildman–Crippen MR) is 74.7 cm³/mol. The van der Waals surface area contributed by atoms with E-state index in [2.05, 4.69) is 12.2 Å². The van der Waals surface area contributed by atoms with Crippen LogP contribution in [0.1, 0.15) is 64.7 Å². The Morgan fingerprint density at radius 3 is 2.61 bits per heavy atom. The van der Waals surface area contributed by atoms with Gasteiger partial charge in [0.25, 0.3) is 0 Å². The van der Waals surface area contributed by atoms with Gasteiger partial charge in [0.15, 0.2) is 0 Å². The minimum absolute atomic E-state index is 0.589. The highest BCUT2D eigenvalue weighted by Gasteiger charge is 2.44. The highest BCUT2D eigenvalue weighted by atomic mass is 16.5. The molecule has 0 amide bonds. The molecule has 2 heteroatoms. The van der Waals surface area contributed by atoms with Crippen molar-refractivity contribution in [2.24, 2.45) is 11.8 Å². The van der Waals surface area contributed by atoms with Crippen LogP contribution >= 0.6 is 0 Å². The topological polar surface area (TPSA) is 21.3 Å². The Hall–Kier alpha value is -0.0800. The van der Waals surface area contributed by atoms with Gasteiger partial charge in [-0.2, -0.15) is 0 Å². The molecule has 4 atom stereocenters. The van der Waals surface area contributed by atoms with Gasteiger partial charge in [-0.1, -0.05) is 32.6 Å². The van der Waals surface area contributed by atoms with Crippen LogP contribution in [0.15, 0.2) is 0 Å². The second kappa shape index (κ2) is 5.92. The van der Waals surface area contributed by atoms with Crippen molar-refractivity contribution in [3.05, 3.63) is 0 Å². The average Bonchev–Trinajstić information content (AvgIpc) is 3.10. The van der Waals surface area contributed by atoms with Gasteiger partial charge < -0.3 is 10.1 Å². The number of hydrogen-bond donors (Lipinski definition) is 1. The van der Waals surface area contributed by atoms with Gasteiger partial charge in [0.2, 0.25) is 0 Å². The first-order valence-corrected chi connectivity index (χ1v) is 8.25. The first-order chi connectivity index (χ1) is 8.86. The molecule has 104 valence electrons. The predicted octanol–water partition coefficient (Wildman–Crippen LogP) is 3.50. The van der Waals surface area contributed by atoms with Crippen LogP contribution in [0.3, 0.4) is 0 Å². The zero-order valence-electron chi connectivity index (χ0n) is 11.9. The summed E-state index contributed by atoms with van der Waals surface area (Å²) in [6.45, 7) is 3.46. The van der Waals surface area contributed by atoms with E-state index < -0.39 is 0 Å². The van der Waals surface area contributed by atoms with Gasteiger partial charge >= 0.3 is 0 Å². The molecule has 2 heterocycles. The molecule has 2 aliphatic heterocycles. The van der Waals surface area contributed by atoms with Crippen molar-refractivity contribution >= 4 is 0 Å². The van der Waals surface area contributed by atoms with Gasteiger partial charge in [-0.05, 0) is 44.6 Å². The van der Waals surface area contributed by atoms with E-state index in [1.54, 1.807) is 0 Å². The lowest BCUT2D eigenvalue weighted by Crippen LogP contribution is -2.42. The lowest BCUT2D eigenvalue weighted by atomic mass is 9.80. The van der Waals surface area contributed by atoms with Crippen molar-refractivity contribution in [3.8, 4) is 0 Å². The Labute approximate surface area is 112 Å². The molecule has 0 aromatic carbocycles. The third-order valence-corrected chi connectivity index (χ3v) is 5.39. The molecule has 1 aliphatic carbocycles. The first-order valence-electron chi connectivity index (χ1n) is 8.25. The number of nitrogens with one attached hydrogen (secondary N) is 1. The van der Waals surface area contributed by atoms with Crippen LogP contribution < -0.4 is 5.32 Å². The average molecular weight is 251 g/mol. The summed E-state index contributed by atoms with van der Waals surface area (Å²) in [4.78, 5) is 0. The van der Waals surface area contributed by atoms with Gasteiger partial charge in [0.05, 0.1) is 12.2 Å².